The average molecular weight is 478 g/mol. The first-order chi connectivity index (χ1) is 16.4. The summed E-state index contributed by atoms with van der Waals surface area (Å²) in [4.78, 5) is 33.5. The second-order valence-electron chi connectivity index (χ2n) is 8.63. The predicted molar refractivity (Wildman–Crippen MR) is 133 cm³/mol. The molecular formula is C26H28ClN5O2. The van der Waals surface area contributed by atoms with Crippen LogP contribution in [0.3, 0.4) is 0 Å². The summed E-state index contributed by atoms with van der Waals surface area (Å²) in [6.07, 6.45) is 0.123. The lowest BCUT2D eigenvalue weighted by molar-refractivity contribution is -0.134. The summed E-state index contributed by atoms with van der Waals surface area (Å²) in [7, 11) is 3.69. The van der Waals surface area contributed by atoms with Gasteiger partial charge in [0.05, 0.1) is 11.4 Å². The van der Waals surface area contributed by atoms with E-state index < -0.39 is 0 Å². The molecule has 0 bridgehead atoms. The van der Waals surface area contributed by atoms with Crippen molar-refractivity contribution in [2.24, 2.45) is 0 Å². The number of ketones is 1. The van der Waals surface area contributed by atoms with Crippen molar-refractivity contribution in [1.29, 1.82) is 5.26 Å². The van der Waals surface area contributed by atoms with Crippen LogP contribution < -0.4 is 9.80 Å². The third kappa shape index (κ3) is 4.93. The molecule has 0 spiro atoms. The van der Waals surface area contributed by atoms with Gasteiger partial charge >= 0.3 is 0 Å². The molecule has 0 radical (unpaired) electrons. The van der Waals surface area contributed by atoms with Crippen LogP contribution in [0, 0.1) is 11.3 Å². The number of nitrogens with zero attached hydrogens (tertiary/aromatic N) is 5. The maximum Gasteiger partial charge on any atom is 0.223 e. The number of hydrogen-bond donors (Lipinski definition) is 0. The van der Waals surface area contributed by atoms with Gasteiger partial charge in [0, 0.05) is 64.7 Å². The number of nitriles is 1. The zero-order valence-corrected chi connectivity index (χ0v) is 20.3. The lowest BCUT2D eigenvalue weighted by atomic mass is 10.1. The smallest absolute Gasteiger partial charge is 0.223 e. The molecule has 2 heterocycles. The Balaban J connectivity index is 1.32. The van der Waals surface area contributed by atoms with Crippen molar-refractivity contribution in [2.45, 2.75) is 19.4 Å². The van der Waals surface area contributed by atoms with Crippen molar-refractivity contribution in [2.75, 3.05) is 50.1 Å². The van der Waals surface area contributed by atoms with Gasteiger partial charge in [-0.3, -0.25) is 14.5 Å². The van der Waals surface area contributed by atoms with Crippen molar-refractivity contribution in [3.8, 4) is 6.07 Å². The van der Waals surface area contributed by atoms with Gasteiger partial charge in [0.1, 0.15) is 17.5 Å². The summed E-state index contributed by atoms with van der Waals surface area (Å²) < 4.78 is 0. The van der Waals surface area contributed by atoms with Crippen LogP contribution in [-0.2, 0) is 16.1 Å². The Hall–Kier alpha value is -3.34. The summed E-state index contributed by atoms with van der Waals surface area (Å²) in [5.41, 5.74) is 3.11. The Labute approximate surface area is 205 Å². The highest BCUT2D eigenvalue weighted by molar-refractivity contribution is 6.30. The molecule has 0 N–H and O–H groups in total. The molecule has 7 nitrogen and oxygen atoms in total. The van der Waals surface area contributed by atoms with Gasteiger partial charge in [-0.05, 0) is 29.8 Å². The summed E-state index contributed by atoms with van der Waals surface area (Å²) in [5, 5.41) is 10.5. The van der Waals surface area contributed by atoms with E-state index in [1.807, 2.05) is 77.3 Å². The van der Waals surface area contributed by atoms with Gasteiger partial charge in [0.2, 0.25) is 5.91 Å². The number of rotatable bonds is 6. The summed E-state index contributed by atoms with van der Waals surface area (Å²) >= 11 is 6.07. The standard InChI is InChI=1S/C26H28ClN5O2/c1-29-22-8-3-4-9-23(22)30(2)26(29)21(17-28)24(33)10-11-25(34)32-14-12-31(13-15-32)18-19-6-5-7-20(27)16-19/h3-9,16H,10-15,18H2,1-2H3. The number of benzene rings is 2. The van der Waals surface area contributed by atoms with Gasteiger partial charge in [0.15, 0.2) is 5.78 Å². The minimum absolute atomic E-state index is 0.0198. The van der Waals surface area contributed by atoms with Crippen LogP contribution in [0.25, 0.3) is 0 Å². The van der Waals surface area contributed by atoms with Crippen LogP contribution in [0.4, 0.5) is 11.4 Å². The molecule has 4 rings (SSSR count). The first-order valence-corrected chi connectivity index (χ1v) is 11.8. The molecule has 2 aromatic rings. The fraction of sp³-hybridized carbons (Fsp3) is 0.346. The van der Waals surface area contributed by atoms with Gasteiger partial charge in [-0.15, -0.1) is 0 Å². The number of Topliss-reactive ketones (excluding diaryl/α,β-unsaturated/α-hetero) is 1. The molecule has 2 aliphatic rings. The second kappa shape index (κ2) is 10.3. The number of amides is 1. The van der Waals surface area contributed by atoms with E-state index in [4.69, 9.17) is 11.6 Å². The van der Waals surface area contributed by atoms with Gasteiger partial charge in [0.25, 0.3) is 0 Å². The van der Waals surface area contributed by atoms with E-state index in [1.165, 1.54) is 0 Å². The van der Waals surface area contributed by atoms with E-state index in [1.54, 1.807) is 0 Å². The molecule has 176 valence electrons. The number of carbonyl (C=O) groups excluding carboxylic acids is 2. The highest BCUT2D eigenvalue weighted by atomic mass is 35.5. The maximum atomic E-state index is 13.0. The Morgan fingerprint density at radius 2 is 1.59 bits per heavy atom. The molecule has 0 saturated carbocycles. The van der Waals surface area contributed by atoms with Crippen molar-refractivity contribution in [3.63, 3.8) is 0 Å². The molecule has 0 unspecified atom stereocenters. The van der Waals surface area contributed by atoms with Gasteiger partial charge < -0.3 is 14.7 Å². The van der Waals surface area contributed by atoms with E-state index in [9.17, 15) is 14.9 Å². The monoisotopic (exact) mass is 477 g/mol. The van der Waals surface area contributed by atoms with E-state index >= 15 is 0 Å². The van der Waals surface area contributed by atoms with Gasteiger partial charge in [-0.2, -0.15) is 5.26 Å². The zero-order valence-electron chi connectivity index (χ0n) is 19.5. The van der Waals surface area contributed by atoms with Crippen molar-refractivity contribution in [1.82, 2.24) is 9.80 Å². The minimum Gasteiger partial charge on any atom is -0.340 e. The van der Waals surface area contributed by atoms with Crippen molar-refractivity contribution in [3.05, 3.63) is 70.5 Å². The predicted octanol–water partition coefficient (Wildman–Crippen LogP) is 3.65. The fourth-order valence-corrected chi connectivity index (χ4v) is 4.82. The van der Waals surface area contributed by atoms with E-state index in [0.717, 1.165) is 41.6 Å². The lowest BCUT2D eigenvalue weighted by Gasteiger charge is -2.34. The second-order valence-corrected chi connectivity index (χ2v) is 9.06. The average Bonchev–Trinajstić information content (AvgIpc) is 3.09. The largest absolute Gasteiger partial charge is 0.340 e. The van der Waals surface area contributed by atoms with Gasteiger partial charge in [-0.1, -0.05) is 35.9 Å². The van der Waals surface area contributed by atoms with Gasteiger partial charge in [-0.25, -0.2) is 0 Å². The molecule has 8 heteroatoms. The third-order valence-corrected chi connectivity index (χ3v) is 6.68. The summed E-state index contributed by atoms with van der Waals surface area (Å²) in [6.45, 7) is 3.59. The molecule has 2 aliphatic heterocycles. The number of fused-ring (bicyclic) bond motifs is 1. The van der Waals surface area contributed by atoms with E-state index in [0.29, 0.717) is 18.9 Å². The van der Waals surface area contributed by atoms with Crippen LogP contribution in [-0.4, -0.2) is 61.8 Å². The normalized spacial score (nSPS) is 15.8. The first kappa shape index (κ1) is 23.8. The fourth-order valence-electron chi connectivity index (χ4n) is 4.61. The maximum absolute atomic E-state index is 13.0. The minimum atomic E-state index is -0.308. The number of para-hydroxylation sites is 2. The van der Waals surface area contributed by atoms with Crippen LogP contribution in [0.5, 0.6) is 0 Å². The van der Waals surface area contributed by atoms with Crippen LogP contribution in [0.2, 0.25) is 5.02 Å². The molecule has 0 aliphatic carbocycles. The Morgan fingerprint density at radius 1 is 0.941 bits per heavy atom. The van der Waals surface area contributed by atoms with Crippen LogP contribution >= 0.6 is 11.6 Å². The highest BCUT2D eigenvalue weighted by Crippen LogP contribution is 2.40. The molecule has 1 amide bonds. The number of carbonyl (C=O) groups is 2. The van der Waals surface area contributed by atoms with Crippen LogP contribution in [0.15, 0.2) is 59.9 Å². The summed E-state index contributed by atoms with van der Waals surface area (Å²) in [6, 6.07) is 17.6. The molecule has 34 heavy (non-hydrogen) atoms. The number of allylic oxidation sites excluding steroid dienone is 1. The van der Waals surface area contributed by atoms with Crippen LogP contribution in [0.1, 0.15) is 18.4 Å². The SMILES string of the molecule is CN1C(=C(C#N)C(=O)CCC(=O)N2CCN(Cc3cccc(Cl)c3)CC2)N(C)c2ccccc21. The molecular weight excluding hydrogens is 450 g/mol. The first-order valence-electron chi connectivity index (χ1n) is 11.4. The Bertz CT molecular complexity index is 1130. The molecule has 1 saturated heterocycles. The number of hydrogen-bond acceptors (Lipinski definition) is 6. The summed E-state index contributed by atoms with van der Waals surface area (Å²) in [5.74, 6) is 0.196. The lowest BCUT2D eigenvalue weighted by Crippen LogP contribution is -2.48. The quantitative estimate of drug-likeness (QED) is 0.467. The van der Waals surface area contributed by atoms with Crippen molar-refractivity contribution >= 4 is 34.7 Å². The molecule has 1 fully saturated rings. The Kier molecular flexibility index (Phi) is 7.20. The topological polar surface area (TPSA) is 70.9 Å². The zero-order chi connectivity index (χ0) is 24.2. The number of piperazine rings is 1. The third-order valence-electron chi connectivity index (χ3n) is 6.44. The molecule has 0 aromatic heterocycles. The van der Waals surface area contributed by atoms with E-state index in [2.05, 4.69) is 11.0 Å². The Morgan fingerprint density at radius 3 is 2.18 bits per heavy atom. The molecule has 0 atom stereocenters. The van der Waals surface area contributed by atoms with Crippen molar-refractivity contribution < 1.29 is 9.59 Å². The molecule has 2 aromatic carbocycles. The number of halogens is 1. The van der Waals surface area contributed by atoms with E-state index in [-0.39, 0.29) is 30.1 Å². The highest BCUT2D eigenvalue weighted by Gasteiger charge is 2.31. The number of anilines is 2.